The van der Waals surface area contributed by atoms with Crippen molar-refractivity contribution < 1.29 is 4.70 Å². The van der Waals surface area contributed by atoms with Crippen LogP contribution in [0.4, 0.5) is 5.95 Å². The summed E-state index contributed by atoms with van der Waals surface area (Å²) in [6, 6.07) is 18.7. The number of benzene rings is 2. The first kappa shape index (κ1) is 19.8. The Morgan fingerprint density at radius 3 is 2.85 bits per heavy atom. The van der Waals surface area contributed by atoms with Crippen LogP contribution in [0.5, 0.6) is 0 Å². The first-order valence-electron chi connectivity index (χ1n) is 12.2. The van der Waals surface area contributed by atoms with Gasteiger partial charge in [0.25, 0.3) is 0 Å². The Hall–Kier alpha value is -3.61. The lowest BCUT2D eigenvalue weighted by molar-refractivity contribution is -0.749. The number of hydrogen-bond donors (Lipinski definition) is 1. The molecular formula is C27H27N7. The Morgan fingerprint density at radius 2 is 2.03 bits per heavy atom. The maximum absolute atomic E-state index is 11.0. The zero-order valence-electron chi connectivity index (χ0n) is 19.2. The first-order valence-corrected chi connectivity index (χ1v) is 12.2. The van der Waals surface area contributed by atoms with E-state index in [9.17, 15) is 5.53 Å². The summed E-state index contributed by atoms with van der Waals surface area (Å²) in [6.07, 6.45) is 9.31. The van der Waals surface area contributed by atoms with Crippen molar-refractivity contribution in [2.75, 3.05) is 5.32 Å². The number of nitrogens with zero attached hydrogens (tertiary/aromatic N) is 6. The second-order valence-electron chi connectivity index (χ2n) is 10.3. The summed E-state index contributed by atoms with van der Waals surface area (Å²) < 4.78 is 3.70. The Labute approximate surface area is 198 Å². The van der Waals surface area contributed by atoms with Gasteiger partial charge in [0.15, 0.2) is 11.1 Å². The van der Waals surface area contributed by atoms with Crippen molar-refractivity contribution in [2.24, 2.45) is 5.92 Å². The van der Waals surface area contributed by atoms with Crippen LogP contribution >= 0.6 is 0 Å². The van der Waals surface area contributed by atoms with Gasteiger partial charge in [-0.2, -0.15) is 4.98 Å². The van der Waals surface area contributed by atoms with E-state index >= 15 is 0 Å². The number of anilines is 1. The molecule has 0 amide bonds. The highest BCUT2D eigenvalue weighted by Crippen LogP contribution is 2.68. The van der Waals surface area contributed by atoms with E-state index in [1.165, 1.54) is 24.0 Å². The van der Waals surface area contributed by atoms with Gasteiger partial charge in [0.1, 0.15) is 12.1 Å². The molecule has 1 spiro atoms. The second-order valence-corrected chi connectivity index (χ2v) is 10.3. The lowest BCUT2D eigenvalue weighted by Gasteiger charge is -2.46. The Bertz CT molecular complexity index is 1420. The van der Waals surface area contributed by atoms with Gasteiger partial charge in [-0.1, -0.05) is 30.3 Å². The zero-order chi connectivity index (χ0) is 22.9. The summed E-state index contributed by atoms with van der Waals surface area (Å²) in [7, 11) is 0. The molecule has 170 valence electrons. The van der Waals surface area contributed by atoms with E-state index in [4.69, 9.17) is 9.97 Å². The monoisotopic (exact) mass is 449 g/mol. The molecule has 1 N–H and O–H groups in total. The van der Waals surface area contributed by atoms with E-state index in [1.54, 1.807) is 10.9 Å². The number of fused-ring (bicyclic) bond motifs is 1. The van der Waals surface area contributed by atoms with Gasteiger partial charge < -0.3 is 15.5 Å². The smallest absolute Gasteiger partial charge is 0.225 e. The van der Waals surface area contributed by atoms with Gasteiger partial charge in [-0.15, -0.1) is 0 Å². The molecule has 2 saturated carbocycles. The van der Waals surface area contributed by atoms with Gasteiger partial charge in [0.2, 0.25) is 5.95 Å². The van der Waals surface area contributed by atoms with Crippen molar-refractivity contribution >= 4 is 17.0 Å². The molecule has 7 heteroatoms. The maximum Gasteiger partial charge on any atom is 0.225 e. The average molecular weight is 450 g/mol. The second kappa shape index (κ2) is 6.95. The van der Waals surface area contributed by atoms with Gasteiger partial charge in [0, 0.05) is 30.5 Å². The molecule has 4 aromatic rings. The van der Waals surface area contributed by atoms with Gasteiger partial charge in [-0.05, 0) is 49.6 Å². The molecule has 0 radical (unpaired) electrons. The van der Waals surface area contributed by atoms with Crippen LogP contribution in [-0.4, -0.2) is 29.8 Å². The first-order chi connectivity index (χ1) is 16.6. The number of hydrogen-bond acceptors (Lipinski definition) is 4. The predicted molar refractivity (Wildman–Crippen MR) is 130 cm³/mol. The number of rotatable bonds is 5. The summed E-state index contributed by atoms with van der Waals surface area (Å²) in [5.41, 5.74) is 15.1. The lowest BCUT2D eigenvalue weighted by atomic mass is 9.74. The molecule has 8 rings (SSSR count). The zero-order valence-corrected chi connectivity index (χ0v) is 19.2. The van der Waals surface area contributed by atoms with E-state index in [0.717, 1.165) is 36.1 Å². The predicted octanol–water partition coefficient (Wildman–Crippen LogP) is 5.56. The van der Waals surface area contributed by atoms with E-state index in [0.29, 0.717) is 11.9 Å². The molecular weight excluding hydrogens is 422 g/mol. The van der Waals surface area contributed by atoms with Crippen LogP contribution in [0.1, 0.15) is 56.2 Å². The van der Waals surface area contributed by atoms with E-state index in [-0.39, 0.29) is 17.1 Å². The summed E-state index contributed by atoms with van der Waals surface area (Å²) in [5.74, 6) is 1.98. The molecule has 3 unspecified atom stereocenters. The Kier molecular flexibility index (Phi) is 4.05. The highest BCUT2D eigenvalue weighted by Gasteiger charge is 2.76. The number of nitrogens with one attached hydrogen (secondary N) is 1. The fourth-order valence-electron chi connectivity index (χ4n) is 6.89. The van der Waals surface area contributed by atoms with Crippen LogP contribution in [0.25, 0.3) is 22.4 Å². The van der Waals surface area contributed by atoms with E-state index < -0.39 is 0 Å². The summed E-state index contributed by atoms with van der Waals surface area (Å²) in [5, 5.41) is 3.40. The third-order valence-electron chi connectivity index (χ3n) is 8.55. The van der Waals surface area contributed by atoms with Crippen molar-refractivity contribution in [1.29, 1.82) is 0 Å². The molecule has 2 aliphatic heterocycles. The number of aromatic nitrogens is 4. The van der Waals surface area contributed by atoms with E-state index in [1.807, 2.05) is 35.2 Å². The topological polar surface area (TPSA) is 80.9 Å². The molecule has 2 aliphatic carbocycles. The van der Waals surface area contributed by atoms with Gasteiger partial charge >= 0.3 is 0 Å². The molecule has 4 heterocycles. The Morgan fingerprint density at radius 1 is 1.15 bits per heavy atom. The quantitative estimate of drug-likeness (QED) is 0.404. The van der Waals surface area contributed by atoms with Crippen molar-refractivity contribution in [3.05, 3.63) is 83.8 Å². The summed E-state index contributed by atoms with van der Waals surface area (Å²) in [4.78, 5) is 13.9. The minimum atomic E-state index is -0.233. The molecule has 34 heavy (non-hydrogen) atoms. The number of imidazole rings is 1. The van der Waals surface area contributed by atoms with Crippen LogP contribution in [-0.2, 0) is 5.54 Å². The third-order valence-corrected chi connectivity index (χ3v) is 8.55. The molecule has 2 aromatic carbocycles. The largest absolute Gasteiger partial charge is 0.505 e. The van der Waals surface area contributed by atoms with E-state index in [2.05, 4.69) is 47.6 Å². The van der Waals surface area contributed by atoms with Crippen molar-refractivity contribution in [3.63, 3.8) is 0 Å². The summed E-state index contributed by atoms with van der Waals surface area (Å²) >= 11 is 0. The van der Waals surface area contributed by atoms with Crippen molar-refractivity contribution in [2.45, 2.75) is 56.1 Å². The fraction of sp³-hybridized carbons (Fsp3) is 0.370. The minimum absolute atomic E-state index is 0.0373. The van der Waals surface area contributed by atoms with Gasteiger partial charge in [0.05, 0.1) is 23.5 Å². The maximum atomic E-state index is 11.0. The molecule has 4 atom stereocenters. The normalized spacial score (nSPS) is 28.0. The Balaban J connectivity index is 1.18. The highest BCUT2D eigenvalue weighted by atomic mass is 15.4. The molecule has 7 nitrogen and oxygen atoms in total. The molecule has 2 aromatic heterocycles. The van der Waals surface area contributed by atoms with Gasteiger partial charge in [-0.25, -0.2) is 9.97 Å². The highest BCUT2D eigenvalue weighted by molar-refractivity contribution is 5.78. The molecule has 2 saturated heterocycles. The van der Waals surface area contributed by atoms with Crippen LogP contribution in [0.15, 0.2) is 67.1 Å². The lowest BCUT2D eigenvalue weighted by Crippen LogP contribution is -2.58. The van der Waals surface area contributed by atoms with Crippen LogP contribution in [0.3, 0.4) is 0 Å². The molecule has 2 bridgehead atoms. The average Bonchev–Trinajstić information content (AvgIpc) is 3.60. The van der Waals surface area contributed by atoms with Crippen LogP contribution < -0.4 is 5.32 Å². The molecule has 4 aliphatic rings. The van der Waals surface area contributed by atoms with Crippen LogP contribution in [0, 0.1) is 5.92 Å². The summed E-state index contributed by atoms with van der Waals surface area (Å²) in [6.45, 7) is 2.10. The van der Waals surface area contributed by atoms with Crippen molar-refractivity contribution in [1.82, 2.24) is 19.5 Å². The standard InChI is InChI=1S/C27H27N7/c1-18(19-6-3-2-4-7-19)31-25-29-13-11-24(32-25)33-17-30-22-14-20(9-10-23(22)33)27-15-21-8-5-12-26(21,16-27)34(27)28/h2-4,6-7,9-11,13-14,17-18,21H,5,8,12,15-16H2,1H3,(H,29,31,32)/t18-,21?,26?,27?/m0/s1. The van der Waals surface area contributed by atoms with Crippen molar-refractivity contribution in [3.8, 4) is 5.82 Å². The minimum Gasteiger partial charge on any atom is -0.505 e. The molecule has 4 fully saturated rings. The fourth-order valence-corrected chi connectivity index (χ4v) is 6.89. The third kappa shape index (κ3) is 2.61. The van der Waals surface area contributed by atoms with Gasteiger partial charge in [-0.3, -0.25) is 4.57 Å². The van der Waals surface area contributed by atoms with Crippen LogP contribution in [0.2, 0.25) is 0 Å². The SMILES string of the molecule is C[C@H](Nc1nccc(-n2cnc3cc(C45CC6CCCC6(C4)[N+]5=[N-])ccc32)n1)c1ccccc1.